The minimum Gasteiger partial charge on any atom is -0.493 e. The summed E-state index contributed by atoms with van der Waals surface area (Å²) in [6.45, 7) is 6.53. The molecule has 2 N–H and O–H groups in total. The quantitative estimate of drug-likeness (QED) is 0.416. The lowest BCUT2D eigenvalue weighted by Crippen LogP contribution is -2.36. The summed E-state index contributed by atoms with van der Waals surface area (Å²) < 4.78 is 5.77. The van der Waals surface area contributed by atoms with E-state index in [0.29, 0.717) is 23.3 Å². The Morgan fingerprint density at radius 2 is 2.03 bits per heavy atom. The molecule has 0 radical (unpaired) electrons. The molecule has 156 valence electrons. The number of benzene rings is 1. The Bertz CT molecular complexity index is 897. The Labute approximate surface area is 175 Å². The van der Waals surface area contributed by atoms with Crippen LogP contribution in [0.5, 0.6) is 5.88 Å². The molecular weight excluding hydrogens is 388 g/mol. The number of nitrogens with one attached hydrogen (secondary N) is 1. The fourth-order valence-electron chi connectivity index (χ4n) is 3.95. The topological polar surface area (TPSA) is 92.3 Å². The van der Waals surface area contributed by atoms with Crippen molar-refractivity contribution >= 4 is 17.7 Å². The van der Waals surface area contributed by atoms with Crippen LogP contribution in [0.2, 0.25) is 0 Å². The predicted octanol–water partition coefficient (Wildman–Crippen LogP) is 4.24. The average molecular weight is 417 g/mol. The number of hydrogen-bond acceptors (Lipinski definition) is 6. The van der Waals surface area contributed by atoms with Gasteiger partial charge in [0.2, 0.25) is 5.88 Å². The minimum atomic E-state index is -0.444. The number of aromatic amines is 1. The number of rotatable bonds is 6. The summed E-state index contributed by atoms with van der Waals surface area (Å²) in [4.78, 5) is 31.5. The zero-order valence-corrected chi connectivity index (χ0v) is 17.9. The van der Waals surface area contributed by atoms with Gasteiger partial charge in [-0.3, -0.25) is 9.59 Å². The van der Waals surface area contributed by atoms with Crippen molar-refractivity contribution in [1.29, 1.82) is 0 Å². The first-order valence-electron chi connectivity index (χ1n) is 10.1. The number of esters is 1. The fraction of sp³-hybridized carbons (Fsp3) is 0.500. The van der Waals surface area contributed by atoms with E-state index in [4.69, 9.17) is 4.74 Å². The highest BCUT2D eigenvalue weighted by atomic mass is 32.2. The highest BCUT2D eigenvalue weighted by Gasteiger charge is 2.33. The van der Waals surface area contributed by atoms with Crippen LogP contribution in [0.25, 0.3) is 11.1 Å². The van der Waals surface area contributed by atoms with Gasteiger partial charge in [-0.15, -0.1) is 0 Å². The molecule has 1 aliphatic carbocycles. The molecule has 2 aromatic rings. The second-order valence-electron chi connectivity index (χ2n) is 8.08. The number of H-pyrrole nitrogens is 1. The van der Waals surface area contributed by atoms with Crippen molar-refractivity contribution in [3.8, 4) is 17.0 Å². The molecule has 29 heavy (non-hydrogen) atoms. The van der Waals surface area contributed by atoms with Crippen LogP contribution >= 0.6 is 11.8 Å². The Morgan fingerprint density at radius 1 is 1.31 bits per heavy atom. The maximum absolute atomic E-state index is 12.4. The van der Waals surface area contributed by atoms with Crippen LogP contribution in [-0.2, 0) is 9.53 Å². The molecule has 1 saturated carbocycles. The van der Waals surface area contributed by atoms with E-state index in [-0.39, 0.29) is 34.4 Å². The number of nitrogens with zero attached hydrogens (tertiary/aromatic N) is 1. The summed E-state index contributed by atoms with van der Waals surface area (Å²) in [5.74, 6) is 0.755. The summed E-state index contributed by atoms with van der Waals surface area (Å²) in [5, 5.41) is 10.4. The van der Waals surface area contributed by atoms with Gasteiger partial charge in [-0.05, 0) is 36.2 Å². The van der Waals surface area contributed by atoms with Gasteiger partial charge in [-0.25, -0.2) is 0 Å². The van der Waals surface area contributed by atoms with Gasteiger partial charge in [0.05, 0.1) is 5.75 Å². The lowest BCUT2D eigenvalue weighted by Gasteiger charge is -2.36. The first-order valence-corrected chi connectivity index (χ1v) is 11.0. The van der Waals surface area contributed by atoms with Crippen LogP contribution in [0, 0.1) is 17.8 Å². The van der Waals surface area contributed by atoms with Crippen molar-refractivity contribution in [2.75, 3.05) is 5.75 Å². The van der Waals surface area contributed by atoms with Crippen molar-refractivity contribution < 1.29 is 14.6 Å². The number of ether oxygens (including phenoxy) is 1. The highest BCUT2D eigenvalue weighted by molar-refractivity contribution is 7.99. The molecule has 1 aromatic carbocycles. The lowest BCUT2D eigenvalue weighted by atomic mass is 9.75. The van der Waals surface area contributed by atoms with Crippen LogP contribution in [-0.4, -0.2) is 32.9 Å². The molecule has 0 spiro atoms. The van der Waals surface area contributed by atoms with Crippen LogP contribution < -0.4 is 5.56 Å². The number of carbonyl (C=O) groups is 1. The van der Waals surface area contributed by atoms with Crippen molar-refractivity contribution in [2.45, 2.75) is 51.3 Å². The van der Waals surface area contributed by atoms with Crippen molar-refractivity contribution in [3.63, 3.8) is 0 Å². The van der Waals surface area contributed by atoms with Gasteiger partial charge in [0.25, 0.3) is 5.56 Å². The maximum atomic E-state index is 12.4. The van der Waals surface area contributed by atoms with Crippen molar-refractivity contribution in [3.05, 3.63) is 40.7 Å². The number of thioether (sulfide) groups is 1. The van der Waals surface area contributed by atoms with E-state index in [0.717, 1.165) is 24.6 Å². The second-order valence-corrected chi connectivity index (χ2v) is 9.04. The largest absolute Gasteiger partial charge is 0.493 e. The third kappa shape index (κ3) is 5.41. The molecule has 3 unspecified atom stereocenters. The number of aromatic hydroxyl groups is 1. The zero-order valence-electron chi connectivity index (χ0n) is 17.1. The summed E-state index contributed by atoms with van der Waals surface area (Å²) in [6, 6.07) is 8.85. The molecule has 7 heteroatoms. The first-order chi connectivity index (χ1) is 13.8. The molecule has 1 heterocycles. The third-order valence-electron chi connectivity index (χ3n) is 5.51. The molecule has 0 bridgehead atoms. The predicted molar refractivity (Wildman–Crippen MR) is 114 cm³/mol. The molecule has 1 fully saturated rings. The van der Waals surface area contributed by atoms with E-state index < -0.39 is 5.56 Å². The highest BCUT2D eigenvalue weighted by Crippen LogP contribution is 2.35. The van der Waals surface area contributed by atoms with Gasteiger partial charge in [-0.2, -0.15) is 4.98 Å². The van der Waals surface area contributed by atoms with Crippen LogP contribution in [0.15, 0.2) is 40.3 Å². The van der Waals surface area contributed by atoms with E-state index in [1.165, 1.54) is 6.42 Å². The van der Waals surface area contributed by atoms with E-state index in [9.17, 15) is 14.7 Å². The summed E-state index contributed by atoms with van der Waals surface area (Å²) in [7, 11) is 0. The molecule has 0 aliphatic heterocycles. The SMILES string of the molecule is CC1CCC(C(C)C)C(OC(=O)CSc2nc(O)c(-c3ccccc3)c(=O)[nH]2)C1. The number of carbonyl (C=O) groups excluding carboxylic acids is 1. The van der Waals surface area contributed by atoms with Crippen LogP contribution in [0.4, 0.5) is 0 Å². The van der Waals surface area contributed by atoms with E-state index in [1.54, 1.807) is 24.3 Å². The van der Waals surface area contributed by atoms with Crippen LogP contribution in [0.3, 0.4) is 0 Å². The molecule has 3 rings (SSSR count). The first kappa shape index (κ1) is 21.4. The normalized spacial score (nSPS) is 21.9. The Balaban J connectivity index is 1.64. The average Bonchev–Trinajstić information content (AvgIpc) is 2.66. The number of hydrogen-bond donors (Lipinski definition) is 2. The number of aromatic nitrogens is 2. The zero-order chi connectivity index (χ0) is 21.0. The van der Waals surface area contributed by atoms with Crippen LogP contribution in [0.1, 0.15) is 40.0 Å². The Kier molecular flexibility index (Phi) is 7.00. The molecule has 1 aromatic heterocycles. The minimum absolute atomic E-state index is 0.0305. The lowest BCUT2D eigenvalue weighted by molar-refractivity contribution is -0.152. The van der Waals surface area contributed by atoms with Gasteiger partial charge in [0.15, 0.2) is 5.16 Å². The van der Waals surface area contributed by atoms with Gasteiger partial charge >= 0.3 is 5.97 Å². The summed E-state index contributed by atoms with van der Waals surface area (Å²) in [5.41, 5.74) is 0.259. The summed E-state index contributed by atoms with van der Waals surface area (Å²) in [6.07, 6.45) is 3.07. The van der Waals surface area contributed by atoms with E-state index in [1.807, 2.05) is 6.07 Å². The molecule has 1 aliphatic rings. The van der Waals surface area contributed by atoms with Gasteiger partial charge in [-0.1, -0.05) is 69.3 Å². The molecule has 0 amide bonds. The standard InChI is InChI=1S/C22H28N2O4S/c1-13(2)16-10-9-14(3)11-17(16)28-18(25)12-29-22-23-20(26)19(21(27)24-22)15-7-5-4-6-8-15/h4-8,13-14,16-17H,9-12H2,1-3H3,(H2,23,24,26,27). The third-order valence-corrected chi connectivity index (χ3v) is 6.36. The monoisotopic (exact) mass is 416 g/mol. The van der Waals surface area contributed by atoms with Crippen molar-refractivity contribution in [2.24, 2.45) is 17.8 Å². The molecular formula is C22H28N2O4S. The fourth-order valence-corrected chi connectivity index (χ4v) is 4.59. The molecule has 3 atom stereocenters. The smallest absolute Gasteiger partial charge is 0.316 e. The Morgan fingerprint density at radius 3 is 2.69 bits per heavy atom. The Hall–Kier alpha value is -2.28. The maximum Gasteiger partial charge on any atom is 0.316 e. The van der Waals surface area contributed by atoms with Gasteiger partial charge in [0.1, 0.15) is 11.7 Å². The van der Waals surface area contributed by atoms with Gasteiger partial charge in [0, 0.05) is 0 Å². The summed E-state index contributed by atoms with van der Waals surface area (Å²) >= 11 is 1.06. The van der Waals surface area contributed by atoms with Gasteiger partial charge < -0.3 is 14.8 Å². The van der Waals surface area contributed by atoms with E-state index in [2.05, 4.69) is 30.7 Å². The molecule has 6 nitrogen and oxygen atoms in total. The van der Waals surface area contributed by atoms with Crippen molar-refractivity contribution in [1.82, 2.24) is 9.97 Å². The van der Waals surface area contributed by atoms with E-state index >= 15 is 0 Å². The second kappa shape index (κ2) is 9.48. The molecule has 0 saturated heterocycles.